The highest BCUT2D eigenvalue weighted by molar-refractivity contribution is 5.97. The van der Waals surface area contributed by atoms with E-state index >= 15 is 0 Å². The fraction of sp³-hybridized carbons (Fsp3) is 0.333. The molecule has 130 valence electrons. The quantitative estimate of drug-likeness (QED) is 0.870. The van der Waals surface area contributed by atoms with Crippen LogP contribution in [0.5, 0.6) is 0 Å². The lowest BCUT2D eigenvalue weighted by Crippen LogP contribution is -2.52. The van der Waals surface area contributed by atoms with Crippen molar-refractivity contribution in [1.29, 1.82) is 0 Å². The van der Waals surface area contributed by atoms with Crippen molar-refractivity contribution in [2.45, 2.75) is 45.8 Å². The Labute approximate surface area is 148 Å². The van der Waals surface area contributed by atoms with Gasteiger partial charge in [-0.15, -0.1) is 0 Å². The van der Waals surface area contributed by atoms with Crippen molar-refractivity contribution in [3.05, 3.63) is 70.3 Å². The number of benzene rings is 2. The van der Waals surface area contributed by atoms with Gasteiger partial charge in [0.25, 0.3) is 5.91 Å². The number of carbonyl (C=O) groups is 2. The van der Waals surface area contributed by atoms with E-state index in [4.69, 9.17) is 4.74 Å². The molecule has 2 atom stereocenters. The van der Waals surface area contributed by atoms with Crippen LogP contribution >= 0.6 is 0 Å². The first-order valence-corrected chi connectivity index (χ1v) is 8.49. The van der Waals surface area contributed by atoms with Crippen LogP contribution in [0.1, 0.15) is 52.5 Å². The Morgan fingerprint density at radius 1 is 1.20 bits per heavy atom. The maximum atomic E-state index is 12.9. The van der Waals surface area contributed by atoms with Gasteiger partial charge in [0.15, 0.2) is 5.60 Å². The average molecular weight is 337 g/mol. The van der Waals surface area contributed by atoms with Gasteiger partial charge in [0.1, 0.15) is 0 Å². The lowest BCUT2D eigenvalue weighted by atomic mass is 9.89. The van der Waals surface area contributed by atoms with Crippen molar-refractivity contribution in [1.82, 2.24) is 5.32 Å². The number of aryl methyl sites for hydroxylation is 2. The lowest BCUT2D eigenvalue weighted by molar-refractivity contribution is -0.140. The average Bonchev–Trinajstić information content (AvgIpc) is 2.56. The van der Waals surface area contributed by atoms with Crippen LogP contribution in [0.15, 0.2) is 42.5 Å². The maximum Gasteiger partial charge on any atom is 0.339 e. The van der Waals surface area contributed by atoms with Crippen LogP contribution in [0, 0.1) is 13.8 Å². The predicted octanol–water partition coefficient (Wildman–Crippen LogP) is 3.65. The second-order valence-corrected chi connectivity index (χ2v) is 7.01. The molecule has 25 heavy (non-hydrogen) atoms. The van der Waals surface area contributed by atoms with Crippen LogP contribution in [0.4, 0.5) is 0 Å². The summed E-state index contributed by atoms with van der Waals surface area (Å²) in [6.07, 6.45) is 0.375. The fourth-order valence-corrected chi connectivity index (χ4v) is 3.31. The summed E-state index contributed by atoms with van der Waals surface area (Å²) < 4.78 is 5.50. The molecule has 1 N–H and O–H groups in total. The minimum atomic E-state index is -1.20. The highest BCUT2D eigenvalue weighted by Gasteiger charge is 2.43. The number of esters is 1. The second kappa shape index (κ2) is 6.36. The zero-order chi connectivity index (χ0) is 18.2. The van der Waals surface area contributed by atoms with Crippen molar-refractivity contribution in [3.63, 3.8) is 0 Å². The minimum Gasteiger partial charge on any atom is -0.445 e. The Hall–Kier alpha value is -2.62. The predicted molar refractivity (Wildman–Crippen MR) is 96.4 cm³/mol. The Kier molecular flexibility index (Phi) is 4.38. The first kappa shape index (κ1) is 17.2. The number of hydrogen-bond donors (Lipinski definition) is 1. The van der Waals surface area contributed by atoms with Crippen molar-refractivity contribution in [2.75, 3.05) is 0 Å². The standard InChI is InChI=1S/C21H23NO3/c1-13-9-10-14(2)18(11-13)15(3)22-20(24)21(4)12-16-7-5-6-8-17(16)19(23)25-21/h5-11,15H,12H2,1-4H3,(H,22,24)/t15-,21+/m0/s1. The van der Waals surface area contributed by atoms with Crippen LogP contribution in [0.3, 0.4) is 0 Å². The molecule has 4 heteroatoms. The van der Waals surface area contributed by atoms with Gasteiger partial charge < -0.3 is 10.1 Å². The van der Waals surface area contributed by atoms with Crippen LogP contribution < -0.4 is 5.32 Å². The molecule has 1 aliphatic heterocycles. The van der Waals surface area contributed by atoms with Crippen LogP contribution in [-0.2, 0) is 16.0 Å². The smallest absolute Gasteiger partial charge is 0.339 e. The molecule has 1 heterocycles. The molecule has 0 aliphatic carbocycles. The molecule has 0 fully saturated rings. The van der Waals surface area contributed by atoms with Gasteiger partial charge in [0.2, 0.25) is 0 Å². The van der Waals surface area contributed by atoms with Gasteiger partial charge in [0.05, 0.1) is 11.6 Å². The fourth-order valence-electron chi connectivity index (χ4n) is 3.31. The SMILES string of the molecule is Cc1ccc(C)c([C@H](C)NC(=O)[C@@]2(C)Cc3ccccc3C(=O)O2)c1. The Morgan fingerprint density at radius 2 is 1.92 bits per heavy atom. The molecule has 2 aromatic carbocycles. The second-order valence-electron chi connectivity index (χ2n) is 7.01. The third-order valence-corrected chi connectivity index (χ3v) is 4.81. The summed E-state index contributed by atoms with van der Waals surface area (Å²) >= 11 is 0. The molecule has 4 nitrogen and oxygen atoms in total. The highest BCUT2D eigenvalue weighted by Crippen LogP contribution is 2.29. The largest absolute Gasteiger partial charge is 0.445 e. The molecule has 0 bridgehead atoms. The minimum absolute atomic E-state index is 0.167. The van der Waals surface area contributed by atoms with E-state index in [-0.39, 0.29) is 11.9 Å². The number of cyclic esters (lactones) is 1. The third-order valence-electron chi connectivity index (χ3n) is 4.81. The van der Waals surface area contributed by atoms with E-state index in [0.29, 0.717) is 12.0 Å². The molecule has 0 unspecified atom stereocenters. The van der Waals surface area contributed by atoms with Crippen molar-refractivity contribution < 1.29 is 14.3 Å². The molecule has 1 amide bonds. The van der Waals surface area contributed by atoms with Gasteiger partial charge >= 0.3 is 5.97 Å². The van der Waals surface area contributed by atoms with E-state index < -0.39 is 11.6 Å². The Morgan fingerprint density at radius 3 is 2.68 bits per heavy atom. The van der Waals surface area contributed by atoms with Gasteiger partial charge in [-0.1, -0.05) is 42.0 Å². The van der Waals surface area contributed by atoms with E-state index in [2.05, 4.69) is 17.4 Å². The summed E-state index contributed by atoms with van der Waals surface area (Å²) in [4.78, 5) is 25.1. The van der Waals surface area contributed by atoms with Crippen molar-refractivity contribution in [3.8, 4) is 0 Å². The molecular weight excluding hydrogens is 314 g/mol. The Balaban J connectivity index is 1.81. The van der Waals surface area contributed by atoms with Crippen LogP contribution in [0.25, 0.3) is 0 Å². The third kappa shape index (κ3) is 3.29. The number of amides is 1. The van der Waals surface area contributed by atoms with E-state index in [0.717, 1.165) is 22.3 Å². The maximum absolute atomic E-state index is 12.9. The number of carbonyl (C=O) groups excluding carboxylic acids is 2. The van der Waals surface area contributed by atoms with E-state index in [1.807, 2.05) is 39.0 Å². The van der Waals surface area contributed by atoms with Crippen molar-refractivity contribution in [2.24, 2.45) is 0 Å². The van der Waals surface area contributed by atoms with E-state index in [1.54, 1.807) is 19.1 Å². The molecular formula is C21H23NO3. The van der Waals surface area contributed by atoms with Gasteiger partial charge in [0, 0.05) is 6.42 Å². The summed E-state index contributed by atoms with van der Waals surface area (Å²) in [7, 11) is 0. The summed E-state index contributed by atoms with van der Waals surface area (Å²) in [5, 5.41) is 3.01. The highest BCUT2D eigenvalue weighted by atomic mass is 16.6. The summed E-state index contributed by atoms with van der Waals surface area (Å²) in [5.41, 5.74) is 3.52. The normalized spacial score (nSPS) is 20.4. The molecule has 0 radical (unpaired) electrons. The van der Waals surface area contributed by atoms with E-state index in [9.17, 15) is 9.59 Å². The number of nitrogens with one attached hydrogen (secondary N) is 1. The van der Waals surface area contributed by atoms with Crippen LogP contribution in [0.2, 0.25) is 0 Å². The monoisotopic (exact) mass is 337 g/mol. The summed E-state index contributed by atoms with van der Waals surface area (Å²) in [6.45, 7) is 7.67. The van der Waals surface area contributed by atoms with Crippen LogP contribution in [-0.4, -0.2) is 17.5 Å². The topological polar surface area (TPSA) is 55.4 Å². The zero-order valence-corrected chi connectivity index (χ0v) is 15.1. The number of fused-ring (bicyclic) bond motifs is 1. The molecule has 3 rings (SSSR count). The lowest BCUT2D eigenvalue weighted by Gasteiger charge is -2.34. The zero-order valence-electron chi connectivity index (χ0n) is 15.1. The Bertz CT molecular complexity index is 843. The van der Waals surface area contributed by atoms with Gasteiger partial charge in [-0.25, -0.2) is 4.79 Å². The molecule has 0 spiro atoms. The summed E-state index contributed by atoms with van der Waals surface area (Å²) in [6, 6.07) is 13.3. The molecule has 1 aliphatic rings. The number of ether oxygens (including phenoxy) is 1. The molecule has 0 saturated carbocycles. The molecule has 0 saturated heterocycles. The first-order valence-electron chi connectivity index (χ1n) is 8.49. The van der Waals surface area contributed by atoms with Gasteiger partial charge in [-0.2, -0.15) is 0 Å². The van der Waals surface area contributed by atoms with Gasteiger partial charge in [-0.3, -0.25) is 4.79 Å². The number of rotatable bonds is 3. The van der Waals surface area contributed by atoms with E-state index in [1.165, 1.54) is 0 Å². The van der Waals surface area contributed by atoms with Gasteiger partial charge in [-0.05, 0) is 50.5 Å². The molecule has 0 aromatic heterocycles. The van der Waals surface area contributed by atoms with Crippen molar-refractivity contribution >= 4 is 11.9 Å². The number of hydrogen-bond acceptors (Lipinski definition) is 3. The summed E-state index contributed by atoms with van der Waals surface area (Å²) in [5.74, 6) is -0.720. The molecule has 2 aromatic rings. The first-order chi connectivity index (χ1) is 11.8.